The van der Waals surface area contributed by atoms with Crippen molar-refractivity contribution in [3.05, 3.63) is 34.3 Å². The van der Waals surface area contributed by atoms with Gasteiger partial charge in [-0.1, -0.05) is 34.1 Å². The van der Waals surface area contributed by atoms with Crippen molar-refractivity contribution in [2.24, 2.45) is 0 Å². The molecule has 0 aromatic heterocycles. The van der Waals surface area contributed by atoms with Gasteiger partial charge in [-0.05, 0) is 31.9 Å². The summed E-state index contributed by atoms with van der Waals surface area (Å²) in [6, 6.07) is 7.24. The molecule has 0 atom stereocenters. The lowest BCUT2D eigenvalue weighted by atomic mass is 9.79. The van der Waals surface area contributed by atoms with Crippen LogP contribution in [0.4, 0.5) is 0 Å². The molecule has 2 N–H and O–H groups in total. The van der Waals surface area contributed by atoms with Gasteiger partial charge in [0.2, 0.25) is 0 Å². The molecule has 6 heteroatoms. The van der Waals surface area contributed by atoms with Crippen LogP contribution in [-0.2, 0) is 15.3 Å². The maximum Gasteiger partial charge on any atom is 0.152 e. The first-order valence-electron chi connectivity index (χ1n) is 6.47. The Balaban J connectivity index is 3.09. The highest BCUT2D eigenvalue weighted by Crippen LogP contribution is 2.33. The third-order valence-electron chi connectivity index (χ3n) is 3.63. The Hall–Kier alpha value is -0.430. The molecule has 0 saturated carbocycles. The lowest BCUT2D eigenvalue weighted by Gasteiger charge is -2.31. The summed E-state index contributed by atoms with van der Waals surface area (Å²) in [6.45, 7) is 2.65. The molecule has 114 valence electrons. The van der Waals surface area contributed by atoms with Gasteiger partial charge in [0.1, 0.15) is 0 Å². The SMILES string of the molecule is CC(C)S(=O)(=O)CCC(CO)(CO)c1ccccc1Br. The summed E-state index contributed by atoms with van der Waals surface area (Å²) >= 11 is 3.39. The third kappa shape index (κ3) is 3.81. The van der Waals surface area contributed by atoms with Crippen LogP contribution in [-0.4, -0.2) is 42.8 Å². The Morgan fingerprint density at radius 2 is 1.75 bits per heavy atom. The maximum atomic E-state index is 12.0. The van der Waals surface area contributed by atoms with E-state index in [1.54, 1.807) is 26.0 Å². The molecule has 0 unspecified atom stereocenters. The number of aliphatic hydroxyl groups excluding tert-OH is 2. The van der Waals surface area contributed by atoms with Gasteiger partial charge in [-0.3, -0.25) is 0 Å². The van der Waals surface area contributed by atoms with E-state index in [-0.39, 0.29) is 25.4 Å². The second-order valence-electron chi connectivity index (χ2n) is 5.24. The minimum atomic E-state index is -3.21. The molecule has 0 bridgehead atoms. The fourth-order valence-corrected chi connectivity index (χ4v) is 3.83. The number of aliphatic hydroxyl groups is 2. The zero-order chi connectivity index (χ0) is 15.4. The highest BCUT2D eigenvalue weighted by Gasteiger charge is 2.34. The summed E-state index contributed by atoms with van der Waals surface area (Å²) in [7, 11) is -3.21. The Labute approximate surface area is 128 Å². The van der Waals surface area contributed by atoms with Crippen LogP contribution >= 0.6 is 15.9 Å². The van der Waals surface area contributed by atoms with E-state index in [9.17, 15) is 18.6 Å². The third-order valence-corrected chi connectivity index (χ3v) is 6.54. The molecule has 0 aliphatic rings. The fraction of sp³-hybridized carbons (Fsp3) is 0.571. The van der Waals surface area contributed by atoms with Gasteiger partial charge in [0.05, 0.1) is 24.2 Å². The van der Waals surface area contributed by atoms with Crippen LogP contribution in [0.3, 0.4) is 0 Å². The van der Waals surface area contributed by atoms with Gasteiger partial charge in [0.25, 0.3) is 0 Å². The van der Waals surface area contributed by atoms with Gasteiger partial charge in [0, 0.05) is 9.89 Å². The predicted octanol–water partition coefficient (Wildman–Crippen LogP) is 1.88. The summed E-state index contributed by atoms with van der Waals surface area (Å²) in [6.07, 6.45) is 0.184. The summed E-state index contributed by atoms with van der Waals surface area (Å²) in [5.74, 6) is -0.0624. The molecule has 0 aliphatic heterocycles. The molecule has 0 spiro atoms. The van der Waals surface area contributed by atoms with Crippen LogP contribution in [0.15, 0.2) is 28.7 Å². The predicted molar refractivity (Wildman–Crippen MR) is 83.5 cm³/mol. The van der Waals surface area contributed by atoms with E-state index in [4.69, 9.17) is 0 Å². The Kier molecular flexibility index (Phi) is 6.19. The number of halogens is 1. The molecule has 1 rings (SSSR count). The normalized spacial score (nSPS) is 12.9. The summed E-state index contributed by atoms with van der Waals surface area (Å²) in [5.41, 5.74) is -0.230. The van der Waals surface area contributed by atoms with Gasteiger partial charge >= 0.3 is 0 Å². The van der Waals surface area contributed by atoms with E-state index in [2.05, 4.69) is 15.9 Å². The van der Waals surface area contributed by atoms with E-state index in [0.29, 0.717) is 0 Å². The lowest BCUT2D eigenvalue weighted by molar-refractivity contribution is 0.113. The van der Waals surface area contributed by atoms with Crippen molar-refractivity contribution in [1.82, 2.24) is 0 Å². The second-order valence-corrected chi connectivity index (χ2v) is 8.77. The summed E-state index contributed by atoms with van der Waals surface area (Å²) < 4.78 is 24.7. The molecule has 20 heavy (non-hydrogen) atoms. The van der Waals surface area contributed by atoms with E-state index in [0.717, 1.165) is 10.0 Å². The maximum absolute atomic E-state index is 12.0. The van der Waals surface area contributed by atoms with Crippen molar-refractivity contribution in [2.75, 3.05) is 19.0 Å². The molecule has 1 aromatic carbocycles. The Bertz CT molecular complexity index is 536. The minimum Gasteiger partial charge on any atom is -0.395 e. The zero-order valence-corrected chi connectivity index (χ0v) is 14.1. The van der Waals surface area contributed by atoms with Crippen LogP contribution in [0.5, 0.6) is 0 Å². The molecule has 0 aliphatic carbocycles. The van der Waals surface area contributed by atoms with Crippen molar-refractivity contribution in [1.29, 1.82) is 0 Å². The number of sulfone groups is 1. The minimum absolute atomic E-state index is 0.0624. The first-order chi connectivity index (χ1) is 9.29. The fourth-order valence-electron chi connectivity index (χ4n) is 1.98. The molecule has 0 fully saturated rings. The average Bonchev–Trinajstić information content (AvgIpc) is 2.42. The van der Waals surface area contributed by atoms with Gasteiger partial charge < -0.3 is 10.2 Å². The topological polar surface area (TPSA) is 74.6 Å². The van der Waals surface area contributed by atoms with E-state index in [1.165, 1.54) is 0 Å². The quantitative estimate of drug-likeness (QED) is 0.774. The smallest absolute Gasteiger partial charge is 0.152 e. The Morgan fingerprint density at radius 3 is 2.20 bits per heavy atom. The lowest BCUT2D eigenvalue weighted by Crippen LogP contribution is -2.38. The van der Waals surface area contributed by atoms with Crippen molar-refractivity contribution >= 4 is 25.8 Å². The molecule has 0 heterocycles. The van der Waals surface area contributed by atoms with Crippen molar-refractivity contribution in [3.63, 3.8) is 0 Å². The number of hydrogen-bond acceptors (Lipinski definition) is 4. The highest BCUT2D eigenvalue weighted by atomic mass is 79.9. The van der Waals surface area contributed by atoms with Gasteiger partial charge in [-0.2, -0.15) is 0 Å². The number of benzene rings is 1. The van der Waals surface area contributed by atoms with Crippen LogP contribution in [0.2, 0.25) is 0 Å². The number of rotatable bonds is 7. The van der Waals surface area contributed by atoms with E-state index >= 15 is 0 Å². The van der Waals surface area contributed by atoms with E-state index in [1.807, 2.05) is 12.1 Å². The Morgan fingerprint density at radius 1 is 1.20 bits per heavy atom. The molecular formula is C14H21BrO4S. The first-order valence-corrected chi connectivity index (χ1v) is 8.98. The van der Waals surface area contributed by atoms with Gasteiger partial charge in [-0.15, -0.1) is 0 Å². The van der Waals surface area contributed by atoms with Crippen LogP contribution < -0.4 is 0 Å². The van der Waals surface area contributed by atoms with Crippen molar-refractivity contribution in [3.8, 4) is 0 Å². The molecule has 0 radical (unpaired) electrons. The van der Waals surface area contributed by atoms with E-state index < -0.39 is 20.5 Å². The second kappa shape index (κ2) is 7.02. The molecule has 0 saturated heterocycles. The largest absolute Gasteiger partial charge is 0.395 e. The first kappa shape index (κ1) is 17.6. The van der Waals surface area contributed by atoms with Gasteiger partial charge in [0.15, 0.2) is 9.84 Å². The highest BCUT2D eigenvalue weighted by molar-refractivity contribution is 9.10. The number of hydrogen-bond donors (Lipinski definition) is 2. The summed E-state index contributed by atoms with van der Waals surface area (Å²) in [4.78, 5) is 0. The average molecular weight is 365 g/mol. The van der Waals surface area contributed by atoms with Crippen molar-refractivity contribution in [2.45, 2.75) is 30.9 Å². The van der Waals surface area contributed by atoms with Crippen LogP contribution in [0, 0.1) is 0 Å². The molecular weight excluding hydrogens is 344 g/mol. The summed E-state index contributed by atoms with van der Waals surface area (Å²) in [5, 5.41) is 19.0. The zero-order valence-electron chi connectivity index (χ0n) is 11.7. The van der Waals surface area contributed by atoms with Gasteiger partial charge in [-0.25, -0.2) is 8.42 Å². The van der Waals surface area contributed by atoms with Crippen LogP contribution in [0.1, 0.15) is 25.8 Å². The molecule has 4 nitrogen and oxygen atoms in total. The molecule has 0 amide bonds. The van der Waals surface area contributed by atoms with Crippen molar-refractivity contribution < 1.29 is 18.6 Å². The van der Waals surface area contributed by atoms with Crippen LogP contribution in [0.25, 0.3) is 0 Å². The molecule has 1 aromatic rings. The monoisotopic (exact) mass is 364 g/mol. The standard InChI is InChI=1S/C14H21BrO4S/c1-11(2)20(18,19)8-7-14(9-16,10-17)12-5-3-4-6-13(12)15/h3-6,11,16-17H,7-10H2,1-2H3.